The minimum atomic E-state index is -0.296. The van der Waals surface area contributed by atoms with Gasteiger partial charge in [0.05, 0.1) is 11.5 Å². The summed E-state index contributed by atoms with van der Waals surface area (Å²) in [5.41, 5.74) is 0. The second kappa shape index (κ2) is 7.29. The molecule has 130 valence electrons. The quantitative estimate of drug-likeness (QED) is 0.635. The fraction of sp³-hybridized carbons (Fsp3) is 0.562. The lowest BCUT2D eigenvalue weighted by Gasteiger charge is -2.30. The molecule has 0 bridgehead atoms. The molecule has 1 fully saturated rings. The summed E-state index contributed by atoms with van der Waals surface area (Å²) in [6.07, 6.45) is 6.22. The second-order valence-electron chi connectivity index (χ2n) is 6.29. The molecular formula is C16H23N5O2S. The van der Waals surface area contributed by atoms with Gasteiger partial charge in [0, 0.05) is 6.04 Å². The zero-order chi connectivity index (χ0) is 17.1. The molecule has 2 aromatic heterocycles. The van der Waals surface area contributed by atoms with Gasteiger partial charge >= 0.3 is 0 Å². The van der Waals surface area contributed by atoms with Crippen LogP contribution in [0.25, 0.3) is 11.6 Å². The van der Waals surface area contributed by atoms with E-state index in [1.807, 2.05) is 6.92 Å². The van der Waals surface area contributed by atoms with E-state index in [2.05, 4.69) is 22.4 Å². The fourth-order valence-electron chi connectivity index (χ4n) is 2.97. The third kappa shape index (κ3) is 3.58. The monoisotopic (exact) mass is 349 g/mol. The number of nitrogen functional groups attached to an aromatic ring is 1. The summed E-state index contributed by atoms with van der Waals surface area (Å²) in [5, 5.41) is 11.5. The van der Waals surface area contributed by atoms with Crippen molar-refractivity contribution in [2.45, 2.75) is 56.0 Å². The number of rotatable bonds is 5. The Morgan fingerprint density at radius 1 is 1.46 bits per heavy atom. The van der Waals surface area contributed by atoms with Crippen molar-refractivity contribution in [1.29, 1.82) is 0 Å². The molecule has 0 spiro atoms. The number of carbonyl (C=O) groups excluding carboxylic acids is 1. The minimum Gasteiger partial charge on any atom is -0.461 e. The zero-order valence-corrected chi connectivity index (χ0v) is 14.8. The summed E-state index contributed by atoms with van der Waals surface area (Å²) < 4.78 is 6.64. The topological polar surface area (TPSA) is 99.0 Å². The van der Waals surface area contributed by atoms with Crippen LogP contribution in [0.5, 0.6) is 0 Å². The number of aromatic nitrogens is 3. The van der Waals surface area contributed by atoms with Gasteiger partial charge in [0.15, 0.2) is 5.76 Å². The number of thioether (sulfide) groups is 1. The molecule has 1 aliphatic carbocycles. The van der Waals surface area contributed by atoms with Crippen molar-refractivity contribution in [1.82, 2.24) is 20.2 Å². The highest BCUT2D eigenvalue weighted by atomic mass is 32.2. The molecule has 2 aromatic rings. The van der Waals surface area contributed by atoms with E-state index in [4.69, 9.17) is 10.3 Å². The van der Waals surface area contributed by atoms with E-state index in [9.17, 15) is 4.79 Å². The van der Waals surface area contributed by atoms with Crippen LogP contribution in [0.4, 0.5) is 0 Å². The van der Waals surface area contributed by atoms with Gasteiger partial charge in [-0.05, 0) is 37.8 Å². The van der Waals surface area contributed by atoms with E-state index in [1.165, 1.54) is 35.7 Å². The van der Waals surface area contributed by atoms with Crippen LogP contribution >= 0.6 is 11.8 Å². The largest absolute Gasteiger partial charge is 0.461 e. The molecule has 8 heteroatoms. The molecule has 2 heterocycles. The maximum absolute atomic E-state index is 12.5. The summed E-state index contributed by atoms with van der Waals surface area (Å²) in [5.74, 6) is 7.56. The zero-order valence-electron chi connectivity index (χ0n) is 13.9. The molecule has 3 atom stereocenters. The second-order valence-corrected chi connectivity index (χ2v) is 7.60. The van der Waals surface area contributed by atoms with Gasteiger partial charge in [0.1, 0.15) is 0 Å². The van der Waals surface area contributed by atoms with Crippen molar-refractivity contribution in [2.24, 2.45) is 5.92 Å². The first kappa shape index (κ1) is 16.9. The standard InChI is InChI=1S/C16H23N5O2S/c1-10-6-3-4-7-12(10)18-15(22)11(2)24-16-20-19-14(21(16)17)13-8-5-9-23-13/h5,8-12H,3-4,6-7,17H2,1-2H3,(H,18,22)/t10-,11-,12+/m1/s1. The predicted octanol–water partition coefficient (Wildman–Crippen LogP) is 2.43. The number of nitrogens with two attached hydrogens (primary N) is 1. The predicted molar refractivity (Wildman–Crippen MR) is 92.8 cm³/mol. The number of amides is 1. The van der Waals surface area contributed by atoms with E-state index in [0.717, 1.165) is 6.42 Å². The van der Waals surface area contributed by atoms with Crippen LogP contribution in [0.1, 0.15) is 39.5 Å². The van der Waals surface area contributed by atoms with Gasteiger partial charge in [-0.25, -0.2) is 4.68 Å². The number of nitrogens with one attached hydrogen (secondary N) is 1. The Kier molecular flexibility index (Phi) is 5.13. The molecule has 0 saturated heterocycles. The van der Waals surface area contributed by atoms with Crippen molar-refractivity contribution >= 4 is 17.7 Å². The van der Waals surface area contributed by atoms with Gasteiger partial charge in [-0.3, -0.25) is 4.79 Å². The summed E-state index contributed by atoms with van der Waals surface area (Å²) in [6.45, 7) is 4.06. The molecule has 7 nitrogen and oxygen atoms in total. The summed E-state index contributed by atoms with van der Waals surface area (Å²) in [4.78, 5) is 12.5. The lowest BCUT2D eigenvalue weighted by atomic mass is 9.86. The Morgan fingerprint density at radius 3 is 2.96 bits per heavy atom. The molecule has 1 saturated carbocycles. The molecule has 24 heavy (non-hydrogen) atoms. The fourth-order valence-corrected chi connectivity index (χ4v) is 3.75. The van der Waals surface area contributed by atoms with Crippen LogP contribution in [0, 0.1) is 5.92 Å². The first-order valence-corrected chi connectivity index (χ1v) is 9.15. The first-order valence-electron chi connectivity index (χ1n) is 8.27. The van der Waals surface area contributed by atoms with Crippen LogP contribution in [0.15, 0.2) is 28.0 Å². The Morgan fingerprint density at radius 2 is 2.25 bits per heavy atom. The molecule has 3 rings (SSSR count). The number of hydrogen-bond donors (Lipinski definition) is 2. The van der Waals surface area contributed by atoms with E-state index in [-0.39, 0.29) is 17.2 Å². The Hall–Kier alpha value is -1.96. The van der Waals surface area contributed by atoms with E-state index in [1.54, 1.807) is 18.4 Å². The third-order valence-electron chi connectivity index (χ3n) is 4.50. The van der Waals surface area contributed by atoms with Crippen LogP contribution < -0.4 is 11.2 Å². The van der Waals surface area contributed by atoms with E-state index < -0.39 is 0 Å². The van der Waals surface area contributed by atoms with Crippen molar-refractivity contribution in [3.63, 3.8) is 0 Å². The Bertz CT molecular complexity index is 685. The third-order valence-corrected chi connectivity index (χ3v) is 5.55. The smallest absolute Gasteiger partial charge is 0.233 e. The first-order chi connectivity index (χ1) is 11.6. The molecular weight excluding hydrogens is 326 g/mol. The van der Waals surface area contributed by atoms with Crippen molar-refractivity contribution in [3.05, 3.63) is 18.4 Å². The summed E-state index contributed by atoms with van der Waals surface area (Å²) >= 11 is 1.30. The van der Waals surface area contributed by atoms with E-state index >= 15 is 0 Å². The highest BCUT2D eigenvalue weighted by Crippen LogP contribution is 2.27. The molecule has 0 radical (unpaired) electrons. The van der Waals surface area contributed by atoms with Crippen molar-refractivity contribution in [3.8, 4) is 11.6 Å². The van der Waals surface area contributed by atoms with Crippen LogP contribution in [0.3, 0.4) is 0 Å². The maximum Gasteiger partial charge on any atom is 0.233 e. The average molecular weight is 349 g/mol. The lowest BCUT2D eigenvalue weighted by molar-refractivity contribution is -0.121. The van der Waals surface area contributed by atoms with Gasteiger partial charge in [-0.1, -0.05) is 31.5 Å². The van der Waals surface area contributed by atoms with Crippen LogP contribution in [0.2, 0.25) is 0 Å². The summed E-state index contributed by atoms with van der Waals surface area (Å²) in [7, 11) is 0. The SMILES string of the molecule is C[C@@H]1CCCC[C@@H]1NC(=O)[C@@H](C)Sc1nnc(-c2ccco2)n1N. The molecule has 0 aliphatic heterocycles. The summed E-state index contributed by atoms with van der Waals surface area (Å²) in [6, 6.07) is 3.80. The lowest BCUT2D eigenvalue weighted by Crippen LogP contribution is -2.44. The molecule has 0 unspecified atom stereocenters. The van der Waals surface area contributed by atoms with Crippen molar-refractivity contribution < 1.29 is 9.21 Å². The van der Waals surface area contributed by atoms with Crippen LogP contribution in [-0.2, 0) is 4.79 Å². The van der Waals surface area contributed by atoms with E-state index in [0.29, 0.717) is 22.7 Å². The van der Waals surface area contributed by atoms with Gasteiger partial charge in [0.2, 0.25) is 16.9 Å². The maximum atomic E-state index is 12.5. The highest BCUT2D eigenvalue weighted by molar-refractivity contribution is 8.00. The molecule has 3 N–H and O–H groups in total. The molecule has 0 aromatic carbocycles. The average Bonchev–Trinajstić information content (AvgIpc) is 3.20. The van der Waals surface area contributed by atoms with Crippen LogP contribution in [-0.4, -0.2) is 32.1 Å². The van der Waals surface area contributed by atoms with Crippen molar-refractivity contribution in [2.75, 3.05) is 5.84 Å². The van der Waals surface area contributed by atoms with Gasteiger partial charge in [-0.2, -0.15) is 0 Å². The number of hydrogen-bond acceptors (Lipinski definition) is 6. The number of carbonyl (C=O) groups is 1. The molecule has 1 amide bonds. The van der Waals surface area contributed by atoms with Gasteiger partial charge in [-0.15, -0.1) is 10.2 Å². The number of furan rings is 1. The minimum absolute atomic E-state index is 0.0151. The Balaban J connectivity index is 1.62. The normalized spacial score (nSPS) is 22.2. The van der Waals surface area contributed by atoms with Gasteiger partial charge in [0.25, 0.3) is 0 Å². The number of nitrogens with zero attached hydrogens (tertiary/aromatic N) is 3. The Labute approximate surface area is 145 Å². The van der Waals surface area contributed by atoms with Gasteiger partial charge < -0.3 is 15.6 Å². The molecule has 1 aliphatic rings. The highest BCUT2D eigenvalue weighted by Gasteiger charge is 2.26.